The number of nitrogens with zero attached hydrogens (tertiary/aromatic N) is 2. The van der Waals surface area contributed by atoms with Crippen LogP contribution in [0.15, 0.2) is 41.1 Å². The van der Waals surface area contributed by atoms with E-state index in [1.807, 2.05) is 32.0 Å². The number of hydrogen-bond acceptors (Lipinski definition) is 6. The van der Waals surface area contributed by atoms with Gasteiger partial charge in [0.1, 0.15) is 11.4 Å². The number of nitrogens with one attached hydrogen (secondary N) is 2. The minimum atomic E-state index is -1.22. The van der Waals surface area contributed by atoms with E-state index >= 15 is 0 Å². The van der Waals surface area contributed by atoms with Crippen LogP contribution in [-0.4, -0.2) is 21.9 Å². The van der Waals surface area contributed by atoms with Crippen LogP contribution >= 0.6 is 0 Å². The molecule has 0 radical (unpaired) electrons. The van der Waals surface area contributed by atoms with E-state index in [2.05, 4.69) is 46.8 Å². The molecule has 0 spiro atoms. The average molecular weight is 393 g/mol. The standard InChI is InChI=1S/C23H28N4O2/c1-5-17(6-2)23(28,20-9-7-8-10-24-20)18-11-16(12-19-22(18)26-13-25-19)21-14(3)27-29-15(21)4/h7-12,17,25-26,28H,5-6,13H2,1-4H3. The highest BCUT2D eigenvalue weighted by Crippen LogP contribution is 2.48. The van der Waals surface area contributed by atoms with Gasteiger partial charge in [-0.15, -0.1) is 0 Å². The quantitative estimate of drug-likeness (QED) is 0.558. The number of anilines is 2. The van der Waals surface area contributed by atoms with E-state index < -0.39 is 5.60 Å². The molecule has 3 heterocycles. The summed E-state index contributed by atoms with van der Waals surface area (Å²) in [6.45, 7) is 8.71. The Morgan fingerprint density at radius 1 is 1.17 bits per heavy atom. The van der Waals surface area contributed by atoms with Gasteiger partial charge >= 0.3 is 0 Å². The minimum Gasteiger partial charge on any atom is -0.378 e. The fourth-order valence-electron chi connectivity index (χ4n) is 4.57. The first kappa shape index (κ1) is 19.5. The SMILES string of the molecule is CCC(CC)C(O)(c1ccccn1)c1cc(-c2c(C)noc2C)cc2c1NCN2. The molecular formula is C23H28N4O2. The van der Waals surface area contributed by atoms with Crippen LogP contribution in [-0.2, 0) is 5.60 Å². The molecule has 152 valence electrons. The normalized spacial score (nSPS) is 15.0. The molecule has 0 saturated carbocycles. The molecule has 1 aliphatic rings. The number of pyridine rings is 1. The summed E-state index contributed by atoms with van der Waals surface area (Å²) in [6.07, 6.45) is 3.41. The van der Waals surface area contributed by atoms with Crippen LogP contribution in [0, 0.1) is 19.8 Å². The summed E-state index contributed by atoms with van der Waals surface area (Å²) in [6, 6.07) is 9.88. The third-order valence-corrected chi connectivity index (χ3v) is 6.05. The third-order valence-electron chi connectivity index (χ3n) is 6.05. The van der Waals surface area contributed by atoms with E-state index in [4.69, 9.17) is 4.52 Å². The Labute approximate surface area is 171 Å². The second kappa shape index (κ2) is 7.52. The van der Waals surface area contributed by atoms with Crippen molar-refractivity contribution >= 4 is 11.4 Å². The second-order valence-electron chi connectivity index (χ2n) is 7.67. The predicted molar refractivity (Wildman–Crippen MR) is 115 cm³/mol. The van der Waals surface area contributed by atoms with Crippen LogP contribution in [0.25, 0.3) is 11.1 Å². The van der Waals surface area contributed by atoms with Gasteiger partial charge in [0.2, 0.25) is 0 Å². The first-order valence-electron chi connectivity index (χ1n) is 10.2. The summed E-state index contributed by atoms with van der Waals surface area (Å²) in [5, 5.41) is 23.2. The maximum absolute atomic E-state index is 12.3. The molecule has 1 unspecified atom stereocenters. The fourth-order valence-corrected chi connectivity index (χ4v) is 4.57. The zero-order valence-corrected chi connectivity index (χ0v) is 17.4. The maximum atomic E-state index is 12.3. The van der Waals surface area contributed by atoms with Gasteiger partial charge in [0.25, 0.3) is 0 Å². The van der Waals surface area contributed by atoms with E-state index in [1.54, 1.807) is 6.20 Å². The zero-order valence-electron chi connectivity index (χ0n) is 17.4. The van der Waals surface area contributed by atoms with Gasteiger partial charge in [-0.3, -0.25) is 4.98 Å². The van der Waals surface area contributed by atoms with E-state index in [0.717, 1.165) is 52.4 Å². The van der Waals surface area contributed by atoms with Crippen LogP contribution in [0.4, 0.5) is 11.4 Å². The molecule has 6 heteroatoms. The monoisotopic (exact) mass is 392 g/mol. The molecule has 0 saturated heterocycles. The summed E-state index contributed by atoms with van der Waals surface area (Å²) in [5.41, 5.74) is 4.97. The van der Waals surface area contributed by atoms with Crippen molar-refractivity contribution in [3.8, 4) is 11.1 Å². The minimum absolute atomic E-state index is 0.0174. The molecule has 1 atom stereocenters. The van der Waals surface area contributed by atoms with E-state index in [-0.39, 0.29) is 5.92 Å². The predicted octanol–water partition coefficient (Wildman–Crippen LogP) is 4.82. The van der Waals surface area contributed by atoms with Crippen molar-refractivity contribution in [2.45, 2.75) is 46.1 Å². The highest BCUT2D eigenvalue weighted by atomic mass is 16.5. The molecule has 0 amide bonds. The van der Waals surface area contributed by atoms with Gasteiger partial charge in [-0.2, -0.15) is 0 Å². The lowest BCUT2D eigenvalue weighted by atomic mass is 9.74. The van der Waals surface area contributed by atoms with Gasteiger partial charge in [0.15, 0.2) is 0 Å². The number of aliphatic hydroxyl groups is 1. The summed E-state index contributed by atoms with van der Waals surface area (Å²) in [4.78, 5) is 4.57. The van der Waals surface area contributed by atoms with Crippen molar-refractivity contribution in [1.29, 1.82) is 0 Å². The summed E-state index contributed by atoms with van der Waals surface area (Å²) in [7, 11) is 0. The molecule has 3 N–H and O–H groups in total. The van der Waals surface area contributed by atoms with Crippen LogP contribution in [0.5, 0.6) is 0 Å². The van der Waals surface area contributed by atoms with E-state index in [9.17, 15) is 5.11 Å². The number of fused-ring (bicyclic) bond motifs is 1. The van der Waals surface area contributed by atoms with Gasteiger partial charge in [-0.1, -0.05) is 25.1 Å². The van der Waals surface area contributed by atoms with Crippen LogP contribution in [0.2, 0.25) is 0 Å². The maximum Gasteiger partial charge on any atom is 0.141 e. The smallest absolute Gasteiger partial charge is 0.141 e. The van der Waals surface area contributed by atoms with Gasteiger partial charge < -0.3 is 20.3 Å². The van der Waals surface area contributed by atoms with Gasteiger partial charge in [0, 0.05) is 17.3 Å². The molecule has 3 aromatic rings. The van der Waals surface area contributed by atoms with Crippen LogP contribution in [0.3, 0.4) is 0 Å². The number of aryl methyl sites for hydroxylation is 2. The molecule has 2 aromatic heterocycles. The van der Waals surface area contributed by atoms with Crippen molar-refractivity contribution in [2.24, 2.45) is 5.92 Å². The molecule has 0 aliphatic carbocycles. The first-order chi connectivity index (χ1) is 14.0. The zero-order chi connectivity index (χ0) is 20.6. The Morgan fingerprint density at radius 3 is 2.59 bits per heavy atom. The summed E-state index contributed by atoms with van der Waals surface area (Å²) < 4.78 is 5.41. The molecule has 1 aromatic carbocycles. The largest absolute Gasteiger partial charge is 0.378 e. The number of aromatic nitrogens is 2. The average Bonchev–Trinajstić information content (AvgIpc) is 3.34. The Bertz CT molecular complexity index is 992. The Morgan fingerprint density at radius 2 is 1.97 bits per heavy atom. The number of hydrogen-bond donors (Lipinski definition) is 3. The van der Waals surface area contributed by atoms with Crippen molar-refractivity contribution in [2.75, 3.05) is 17.3 Å². The van der Waals surface area contributed by atoms with Gasteiger partial charge in [-0.25, -0.2) is 0 Å². The summed E-state index contributed by atoms with van der Waals surface area (Å²) >= 11 is 0. The Hall–Kier alpha value is -2.86. The van der Waals surface area contributed by atoms with Crippen molar-refractivity contribution in [3.05, 3.63) is 59.2 Å². The molecule has 0 bridgehead atoms. The van der Waals surface area contributed by atoms with Crippen molar-refractivity contribution in [1.82, 2.24) is 10.1 Å². The molecular weight excluding hydrogens is 364 g/mol. The first-order valence-corrected chi connectivity index (χ1v) is 10.2. The third kappa shape index (κ3) is 3.08. The highest BCUT2D eigenvalue weighted by Gasteiger charge is 2.43. The lowest BCUT2D eigenvalue weighted by Crippen LogP contribution is -2.37. The second-order valence-corrected chi connectivity index (χ2v) is 7.67. The van der Waals surface area contributed by atoms with E-state index in [1.165, 1.54) is 0 Å². The van der Waals surface area contributed by atoms with Crippen LogP contribution in [0.1, 0.15) is 49.4 Å². The Balaban J connectivity index is 2.01. The lowest BCUT2D eigenvalue weighted by Gasteiger charge is -2.37. The lowest BCUT2D eigenvalue weighted by molar-refractivity contribution is 0.00906. The Kier molecular flexibility index (Phi) is 5.04. The van der Waals surface area contributed by atoms with Gasteiger partial charge in [0.05, 0.1) is 29.4 Å². The molecule has 1 aliphatic heterocycles. The summed E-state index contributed by atoms with van der Waals surface area (Å²) in [5.74, 6) is 0.784. The number of benzene rings is 1. The van der Waals surface area contributed by atoms with Crippen molar-refractivity contribution < 1.29 is 9.63 Å². The number of rotatable bonds is 6. The highest BCUT2D eigenvalue weighted by molar-refractivity contribution is 5.85. The fraction of sp³-hybridized carbons (Fsp3) is 0.391. The molecule has 29 heavy (non-hydrogen) atoms. The van der Waals surface area contributed by atoms with E-state index in [0.29, 0.717) is 12.4 Å². The van der Waals surface area contributed by atoms with Gasteiger partial charge in [-0.05, 0) is 62.4 Å². The van der Waals surface area contributed by atoms with Crippen molar-refractivity contribution in [3.63, 3.8) is 0 Å². The molecule has 0 fully saturated rings. The molecule has 6 nitrogen and oxygen atoms in total. The molecule has 4 rings (SSSR count). The topological polar surface area (TPSA) is 83.2 Å². The van der Waals surface area contributed by atoms with Crippen LogP contribution < -0.4 is 10.6 Å².